The first-order chi connectivity index (χ1) is 11.3. The minimum atomic E-state index is -4.98. The quantitative estimate of drug-likeness (QED) is 0.203. The number of hydrogen-bond acceptors (Lipinski definition) is 6. The normalized spacial score (nSPS) is 15.0. The van der Waals surface area contributed by atoms with Crippen LogP contribution < -0.4 is 0 Å². The summed E-state index contributed by atoms with van der Waals surface area (Å²) in [4.78, 5) is 75.1. The molecule has 0 aromatic carbocycles. The third kappa shape index (κ3) is 10.2. The zero-order valence-corrected chi connectivity index (χ0v) is 14.9. The van der Waals surface area contributed by atoms with Gasteiger partial charge in [0.2, 0.25) is 0 Å². The van der Waals surface area contributed by atoms with Crippen molar-refractivity contribution in [1.82, 2.24) is 0 Å². The fourth-order valence-corrected chi connectivity index (χ4v) is 2.78. The molecular weight excluding hydrogens is 406 g/mol. The van der Waals surface area contributed by atoms with Gasteiger partial charge in [-0.25, -0.2) is 0 Å². The van der Waals surface area contributed by atoms with Crippen molar-refractivity contribution in [1.29, 1.82) is 0 Å². The lowest BCUT2D eigenvalue weighted by Gasteiger charge is -2.23. The second-order valence-corrected chi connectivity index (χ2v) is 8.94. The van der Waals surface area contributed by atoms with Gasteiger partial charge in [0.25, 0.3) is 0 Å². The van der Waals surface area contributed by atoms with E-state index in [1.54, 1.807) is 0 Å². The van der Waals surface area contributed by atoms with Gasteiger partial charge in [-0.2, -0.15) is 0 Å². The first-order valence-electron chi connectivity index (χ1n) is 6.33. The minimum absolute atomic E-state index is 0.699. The average Bonchev–Trinajstić information content (AvgIpc) is 2.33. The van der Waals surface area contributed by atoms with Gasteiger partial charge >= 0.3 is 39.1 Å². The van der Waals surface area contributed by atoms with Crippen molar-refractivity contribution >= 4 is 39.1 Å². The summed E-state index contributed by atoms with van der Waals surface area (Å²) in [5.41, 5.74) is 0. The first-order valence-corrected chi connectivity index (χ1v) is 9.74. The van der Waals surface area contributed by atoms with Crippen molar-refractivity contribution < 1.29 is 68.3 Å². The maximum absolute atomic E-state index is 10.7. The van der Waals surface area contributed by atoms with Crippen molar-refractivity contribution in [2.24, 2.45) is 5.92 Å². The zero-order valence-electron chi connectivity index (χ0n) is 13.1. The van der Waals surface area contributed by atoms with Crippen molar-refractivity contribution in [2.75, 3.05) is 6.16 Å². The van der Waals surface area contributed by atoms with E-state index in [0.29, 0.717) is 6.92 Å². The summed E-state index contributed by atoms with van der Waals surface area (Å²) in [6, 6.07) is 0. The molecule has 0 rings (SSSR count). The molecule has 2 unspecified atom stereocenters. The second kappa shape index (κ2) is 9.76. The van der Waals surface area contributed by atoms with Gasteiger partial charge < -0.3 is 40.0 Å². The molecular formula is C10H18O14P2. The van der Waals surface area contributed by atoms with E-state index in [0.717, 1.165) is 0 Å². The molecule has 16 heteroatoms. The van der Waals surface area contributed by atoms with Gasteiger partial charge in [0.1, 0.15) is 0 Å². The highest BCUT2D eigenvalue weighted by molar-refractivity contribution is 7.54. The van der Waals surface area contributed by atoms with Gasteiger partial charge in [-0.3, -0.25) is 28.3 Å². The summed E-state index contributed by atoms with van der Waals surface area (Å²) in [5.74, 6) is -7.87. The van der Waals surface area contributed by atoms with E-state index < -0.39 is 69.1 Å². The molecule has 0 aromatic heterocycles. The predicted octanol–water partition coefficient (Wildman–Crippen LogP) is -1.18. The molecule has 26 heavy (non-hydrogen) atoms. The highest BCUT2D eigenvalue weighted by atomic mass is 31.2. The van der Waals surface area contributed by atoms with Crippen LogP contribution in [0.4, 0.5) is 0 Å². The third-order valence-corrected chi connectivity index (χ3v) is 5.38. The molecule has 0 bridgehead atoms. The Hall–Kier alpha value is -1.82. The van der Waals surface area contributed by atoms with Crippen LogP contribution in [0.25, 0.3) is 0 Å². The van der Waals surface area contributed by atoms with Crippen LogP contribution >= 0.6 is 15.2 Å². The lowest BCUT2D eigenvalue weighted by atomic mass is 10.1. The lowest BCUT2D eigenvalue weighted by molar-refractivity contribution is -0.147. The van der Waals surface area contributed by atoms with Crippen LogP contribution in [0.15, 0.2) is 0 Å². The molecule has 0 aliphatic heterocycles. The van der Waals surface area contributed by atoms with Gasteiger partial charge in [0, 0.05) is 0 Å². The van der Waals surface area contributed by atoms with E-state index in [9.17, 15) is 28.3 Å². The molecule has 0 spiro atoms. The average molecular weight is 424 g/mol. The van der Waals surface area contributed by atoms with Gasteiger partial charge in [-0.1, -0.05) is 0 Å². The largest absolute Gasteiger partial charge is 0.481 e. The van der Waals surface area contributed by atoms with Crippen LogP contribution in [0.3, 0.4) is 0 Å². The number of hydrogen-bond donors (Lipinski definition) is 8. The summed E-state index contributed by atoms with van der Waals surface area (Å²) < 4.78 is 21.0. The standard InChI is InChI=1S/2C5H9O7P/c1-5(4(8)9,2-3(6)7)13(10,11)12;6-4(7)1-3(5(8)9)2-13(10,11)12/h2H2,1H3,(H,6,7)(H,8,9)(H2,10,11,12);3H,1-2H2,(H,6,7)(H,8,9)(H2,10,11,12). The molecule has 0 saturated heterocycles. The monoisotopic (exact) mass is 424 g/mol. The van der Waals surface area contributed by atoms with Crippen LogP contribution in [0.2, 0.25) is 0 Å². The van der Waals surface area contributed by atoms with Crippen LogP contribution in [0.1, 0.15) is 19.8 Å². The van der Waals surface area contributed by atoms with Crippen LogP contribution in [0, 0.1) is 5.92 Å². The van der Waals surface area contributed by atoms with Crippen molar-refractivity contribution in [3.63, 3.8) is 0 Å². The van der Waals surface area contributed by atoms with Crippen molar-refractivity contribution in [3.05, 3.63) is 0 Å². The molecule has 0 radical (unpaired) electrons. The Kier molecular flexibility index (Phi) is 9.91. The Morgan fingerprint density at radius 2 is 1.31 bits per heavy atom. The molecule has 2 atom stereocenters. The van der Waals surface area contributed by atoms with E-state index in [2.05, 4.69) is 0 Å². The van der Waals surface area contributed by atoms with E-state index in [-0.39, 0.29) is 0 Å². The molecule has 0 aromatic rings. The number of carbonyl (C=O) groups is 4. The van der Waals surface area contributed by atoms with Gasteiger partial charge in [0.05, 0.1) is 24.9 Å². The fraction of sp³-hybridized carbons (Fsp3) is 0.600. The number of rotatable bonds is 9. The fourth-order valence-electron chi connectivity index (χ4n) is 1.33. The van der Waals surface area contributed by atoms with E-state index in [1.165, 1.54) is 0 Å². The third-order valence-electron chi connectivity index (χ3n) is 2.83. The number of carboxylic acids is 4. The number of carboxylic acid groups (broad SMARTS) is 4. The maximum atomic E-state index is 10.7. The van der Waals surface area contributed by atoms with Gasteiger partial charge in [-0.15, -0.1) is 0 Å². The Morgan fingerprint density at radius 3 is 1.46 bits per heavy atom. The van der Waals surface area contributed by atoms with Gasteiger partial charge in [-0.05, 0) is 6.92 Å². The first kappa shape index (κ1) is 26.4. The summed E-state index contributed by atoms with van der Waals surface area (Å²) in [6.45, 7) is 0.699. The van der Waals surface area contributed by atoms with Crippen molar-refractivity contribution in [3.8, 4) is 0 Å². The van der Waals surface area contributed by atoms with Crippen LogP contribution in [-0.2, 0) is 28.3 Å². The Bertz CT molecular complexity index is 644. The maximum Gasteiger partial charge on any atom is 0.343 e. The smallest absolute Gasteiger partial charge is 0.343 e. The zero-order chi connectivity index (χ0) is 21.5. The second-order valence-electron chi connectivity index (χ2n) is 5.17. The van der Waals surface area contributed by atoms with Crippen LogP contribution in [0.5, 0.6) is 0 Å². The summed E-state index contributed by atoms with van der Waals surface area (Å²) in [6.07, 6.45) is -2.86. The predicted molar refractivity (Wildman–Crippen MR) is 80.6 cm³/mol. The van der Waals surface area contributed by atoms with Crippen LogP contribution in [-0.4, -0.2) is 75.2 Å². The molecule has 0 amide bonds. The Morgan fingerprint density at radius 1 is 0.885 bits per heavy atom. The molecule has 152 valence electrons. The summed E-state index contributed by atoms with van der Waals surface area (Å²) >= 11 is 0. The molecule has 0 saturated carbocycles. The van der Waals surface area contributed by atoms with Crippen molar-refractivity contribution in [2.45, 2.75) is 24.9 Å². The molecule has 0 aliphatic carbocycles. The highest BCUT2D eigenvalue weighted by Gasteiger charge is 2.51. The molecule has 14 nitrogen and oxygen atoms in total. The van der Waals surface area contributed by atoms with E-state index in [1.807, 2.05) is 0 Å². The SMILES string of the molecule is CC(CC(=O)O)(C(=O)O)P(=O)(O)O.O=C(O)CC(CP(=O)(O)O)C(=O)O. The molecule has 8 N–H and O–H groups in total. The minimum Gasteiger partial charge on any atom is -0.481 e. The summed E-state index contributed by atoms with van der Waals surface area (Å²) in [7, 11) is -9.45. The van der Waals surface area contributed by atoms with Gasteiger partial charge in [0.15, 0.2) is 5.16 Å². The molecule has 0 fully saturated rings. The topological polar surface area (TPSA) is 264 Å². The Balaban J connectivity index is 0. The Labute approximate surface area is 145 Å². The molecule has 0 aliphatic rings. The van der Waals surface area contributed by atoms with E-state index in [4.69, 9.17) is 40.0 Å². The summed E-state index contributed by atoms with van der Waals surface area (Å²) in [5, 5.41) is 30.8. The highest BCUT2D eigenvalue weighted by Crippen LogP contribution is 2.52. The molecule has 0 heterocycles. The number of aliphatic carboxylic acids is 4. The van der Waals surface area contributed by atoms with E-state index >= 15 is 0 Å². The lowest BCUT2D eigenvalue weighted by Crippen LogP contribution is -2.37.